The number of ether oxygens (including phenoxy) is 1. The Kier molecular flexibility index (Phi) is 5.22. The molecule has 7 heteroatoms. The van der Waals surface area contributed by atoms with Crippen molar-refractivity contribution in [3.05, 3.63) is 63.6 Å². The Bertz CT molecular complexity index is 1290. The Morgan fingerprint density at radius 3 is 2.67 bits per heavy atom. The molecule has 152 valence electrons. The molecule has 0 saturated heterocycles. The topological polar surface area (TPSA) is 88.1 Å². The minimum absolute atomic E-state index is 0.0144. The SMILES string of the molecule is COc1ccc(Br)c(C=Nc2ccc(O)c(-c3nc4cc(C)cc(C)c4o3)c2)c1O. The number of hydrogen-bond acceptors (Lipinski definition) is 6. The quantitative estimate of drug-likeness (QED) is 0.357. The van der Waals surface area contributed by atoms with E-state index >= 15 is 0 Å². The van der Waals surface area contributed by atoms with Gasteiger partial charge in [-0.1, -0.05) is 6.07 Å². The molecule has 0 fully saturated rings. The van der Waals surface area contributed by atoms with Crippen molar-refractivity contribution in [1.82, 2.24) is 4.98 Å². The highest BCUT2D eigenvalue weighted by molar-refractivity contribution is 9.10. The van der Waals surface area contributed by atoms with Crippen LogP contribution < -0.4 is 4.74 Å². The first-order valence-corrected chi connectivity index (χ1v) is 9.97. The van der Waals surface area contributed by atoms with Crippen molar-refractivity contribution < 1.29 is 19.4 Å². The third kappa shape index (κ3) is 3.64. The second kappa shape index (κ2) is 7.84. The van der Waals surface area contributed by atoms with Crippen LogP contribution in [-0.2, 0) is 0 Å². The van der Waals surface area contributed by atoms with Gasteiger partial charge < -0.3 is 19.4 Å². The molecule has 0 atom stereocenters. The van der Waals surface area contributed by atoms with E-state index in [9.17, 15) is 10.2 Å². The van der Waals surface area contributed by atoms with Crippen LogP contribution >= 0.6 is 15.9 Å². The molecular formula is C23H19BrN2O4. The first-order chi connectivity index (χ1) is 14.4. The van der Waals surface area contributed by atoms with Gasteiger partial charge in [-0.25, -0.2) is 4.98 Å². The molecule has 0 bridgehead atoms. The average Bonchev–Trinajstić information content (AvgIpc) is 3.13. The Morgan fingerprint density at radius 2 is 1.90 bits per heavy atom. The maximum absolute atomic E-state index is 10.4. The summed E-state index contributed by atoms with van der Waals surface area (Å²) in [7, 11) is 1.49. The van der Waals surface area contributed by atoms with E-state index in [2.05, 4.69) is 25.9 Å². The van der Waals surface area contributed by atoms with Gasteiger partial charge in [0, 0.05) is 10.7 Å². The molecule has 1 heterocycles. The number of rotatable bonds is 4. The zero-order chi connectivity index (χ0) is 21.4. The molecule has 1 aromatic heterocycles. The second-order valence-corrected chi connectivity index (χ2v) is 7.78. The number of aryl methyl sites for hydroxylation is 2. The van der Waals surface area contributed by atoms with Gasteiger partial charge in [-0.15, -0.1) is 0 Å². The number of benzene rings is 3. The highest BCUT2D eigenvalue weighted by atomic mass is 79.9. The third-order valence-electron chi connectivity index (χ3n) is 4.72. The Balaban J connectivity index is 1.75. The zero-order valence-corrected chi connectivity index (χ0v) is 18.2. The summed E-state index contributed by atoms with van der Waals surface area (Å²) in [4.78, 5) is 8.97. The summed E-state index contributed by atoms with van der Waals surface area (Å²) in [5.74, 6) is 0.696. The fourth-order valence-corrected chi connectivity index (χ4v) is 3.68. The molecule has 4 aromatic rings. The summed E-state index contributed by atoms with van der Waals surface area (Å²) in [6.45, 7) is 3.96. The summed E-state index contributed by atoms with van der Waals surface area (Å²) >= 11 is 3.41. The first-order valence-electron chi connectivity index (χ1n) is 9.18. The number of hydrogen-bond donors (Lipinski definition) is 2. The van der Waals surface area contributed by atoms with E-state index in [-0.39, 0.29) is 11.5 Å². The third-order valence-corrected chi connectivity index (χ3v) is 5.41. The average molecular weight is 467 g/mol. The number of aliphatic imine (C=N–C) groups is 1. The van der Waals surface area contributed by atoms with Crippen molar-refractivity contribution in [3.8, 4) is 28.7 Å². The largest absolute Gasteiger partial charge is 0.507 e. The molecule has 30 heavy (non-hydrogen) atoms. The number of fused-ring (bicyclic) bond motifs is 1. The summed E-state index contributed by atoms with van der Waals surface area (Å²) in [5, 5.41) is 20.7. The number of nitrogens with zero attached hydrogens (tertiary/aromatic N) is 2. The molecule has 6 nitrogen and oxygen atoms in total. The molecule has 0 unspecified atom stereocenters. The fraction of sp³-hybridized carbons (Fsp3) is 0.130. The number of phenols is 2. The van der Waals surface area contributed by atoms with Crippen molar-refractivity contribution in [2.75, 3.05) is 7.11 Å². The van der Waals surface area contributed by atoms with Crippen LogP contribution in [0.3, 0.4) is 0 Å². The number of methoxy groups -OCH3 is 1. The Labute approximate surface area is 181 Å². The normalized spacial score (nSPS) is 11.5. The van der Waals surface area contributed by atoms with E-state index in [0.717, 1.165) is 16.6 Å². The van der Waals surface area contributed by atoms with Gasteiger partial charge in [-0.3, -0.25) is 4.99 Å². The van der Waals surface area contributed by atoms with Gasteiger partial charge in [0.15, 0.2) is 17.1 Å². The lowest BCUT2D eigenvalue weighted by molar-refractivity contribution is 0.373. The minimum atomic E-state index is -0.0144. The fourth-order valence-electron chi connectivity index (χ4n) is 3.26. The number of phenolic OH excluding ortho intramolecular Hbond substituents is 2. The lowest BCUT2D eigenvalue weighted by Crippen LogP contribution is -1.90. The van der Waals surface area contributed by atoms with E-state index in [1.54, 1.807) is 24.3 Å². The highest BCUT2D eigenvalue weighted by Crippen LogP contribution is 2.36. The highest BCUT2D eigenvalue weighted by Gasteiger charge is 2.15. The molecule has 0 saturated carbocycles. The monoisotopic (exact) mass is 466 g/mol. The van der Waals surface area contributed by atoms with Crippen LogP contribution in [0.15, 0.2) is 56.3 Å². The van der Waals surface area contributed by atoms with E-state index in [1.807, 2.05) is 26.0 Å². The first kappa shape index (κ1) is 20.0. The van der Waals surface area contributed by atoms with Crippen LogP contribution in [0.2, 0.25) is 0 Å². The molecule has 0 aliphatic carbocycles. The van der Waals surface area contributed by atoms with Crippen LogP contribution in [0.5, 0.6) is 17.2 Å². The van der Waals surface area contributed by atoms with Crippen LogP contribution in [-0.4, -0.2) is 28.5 Å². The zero-order valence-electron chi connectivity index (χ0n) is 16.6. The number of aromatic nitrogens is 1. The molecule has 0 spiro atoms. The molecule has 2 N–H and O–H groups in total. The lowest BCUT2D eigenvalue weighted by Gasteiger charge is -2.07. The van der Waals surface area contributed by atoms with Crippen LogP contribution in [0.4, 0.5) is 5.69 Å². The molecule has 0 radical (unpaired) electrons. The van der Waals surface area contributed by atoms with Crippen LogP contribution in [0.25, 0.3) is 22.6 Å². The summed E-state index contributed by atoms with van der Waals surface area (Å²) in [6, 6.07) is 12.3. The maximum atomic E-state index is 10.4. The van der Waals surface area contributed by atoms with Gasteiger partial charge in [0.1, 0.15) is 11.3 Å². The van der Waals surface area contributed by atoms with Crippen molar-refractivity contribution >= 4 is 38.9 Å². The molecule has 0 aliphatic rings. The van der Waals surface area contributed by atoms with Gasteiger partial charge in [0.25, 0.3) is 0 Å². The predicted octanol–water partition coefficient (Wildman–Crippen LogP) is 6.04. The Morgan fingerprint density at radius 1 is 1.10 bits per heavy atom. The van der Waals surface area contributed by atoms with E-state index < -0.39 is 0 Å². The van der Waals surface area contributed by atoms with Crippen molar-refractivity contribution in [2.24, 2.45) is 4.99 Å². The molecule has 0 amide bonds. The van der Waals surface area contributed by atoms with Crippen LogP contribution in [0.1, 0.15) is 16.7 Å². The smallest absolute Gasteiger partial charge is 0.231 e. The van der Waals surface area contributed by atoms with Gasteiger partial charge in [0.2, 0.25) is 5.89 Å². The molecule has 0 aliphatic heterocycles. The molecular weight excluding hydrogens is 448 g/mol. The number of aromatic hydroxyl groups is 2. The van der Waals surface area contributed by atoms with Crippen molar-refractivity contribution in [3.63, 3.8) is 0 Å². The molecule has 4 rings (SSSR count). The van der Waals surface area contributed by atoms with Crippen LogP contribution in [0, 0.1) is 13.8 Å². The minimum Gasteiger partial charge on any atom is -0.507 e. The lowest BCUT2D eigenvalue weighted by atomic mass is 10.1. The molecule has 3 aromatic carbocycles. The number of halogens is 1. The van der Waals surface area contributed by atoms with Gasteiger partial charge in [0.05, 0.1) is 23.9 Å². The summed E-state index contributed by atoms with van der Waals surface area (Å²) in [5.41, 5.74) is 4.98. The van der Waals surface area contributed by atoms with Crippen molar-refractivity contribution in [1.29, 1.82) is 0 Å². The number of oxazole rings is 1. The summed E-state index contributed by atoms with van der Waals surface area (Å²) in [6.07, 6.45) is 1.53. The maximum Gasteiger partial charge on any atom is 0.231 e. The van der Waals surface area contributed by atoms with Crippen molar-refractivity contribution in [2.45, 2.75) is 13.8 Å². The van der Waals surface area contributed by atoms with E-state index in [0.29, 0.717) is 38.5 Å². The summed E-state index contributed by atoms with van der Waals surface area (Å²) < 4.78 is 11.7. The van der Waals surface area contributed by atoms with E-state index in [4.69, 9.17) is 9.15 Å². The predicted molar refractivity (Wildman–Crippen MR) is 120 cm³/mol. The van der Waals surface area contributed by atoms with Gasteiger partial charge in [-0.2, -0.15) is 0 Å². The van der Waals surface area contributed by atoms with Gasteiger partial charge >= 0.3 is 0 Å². The van der Waals surface area contributed by atoms with E-state index in [1.165, 1.54) is 19.4 Å². The standard InChI is InChI=1S/C23H19BrN2O4/c1-12-8-13(2)22-18(9-12)26-23(30-22)15-10-14(4-6-19(15)27)25-11-16-17(24)5-7-20(29-3)21(16)28/h4-11,27-28H,1-3H3. The second-order valence-electron chi connectivity index (χ2n) is 6.92. The van der Waals surface area contributed by atoms with Gasteiger partial charge in [-0.05, 0) is 77.3 Å². The Hall–Kier alpha value is -3.32.